The van der Waals surface area contributed by atoms with E-state index in [2.05, 4.69) is 22.2 Å². The largest absolute Gasteiger partial charge is 0.493 e. The lowest BCUT2D eigenvalue weighted by Gasteiger charge is -2.35. The lowest BCUT2D eigenvalue weighted by molar-refractivity contribution is -0.139. The SMILES string of the molecule is C=C(C)c1cnc2ccccc2c1-c1cc(C(=O)N[C@@H](CCCCN)C(=O)N2CCC(C)(O)C2NC(C(=O)O)=C(C)C)ccc1OCCCN. The van der Waals surface area contributed by atoms with Crippen LogP contribution >= 0.6 is 0 Å². The quantitative estimate of drug-likeness (QED) is 0.0941. The number of aliphatic carboxylic acids is 1. The van der Waals surface area contributed by atoms with Crippen LogP contribution in [-0.4, -0.2) is 81.9 Å². The number of aliphatic hydroxyl groups is 1. The third-order valence-electron chi connectivity index (χ3n) is 8.94. The number of aromatic nitrogens is 1. The number of carbonyl (C=O) groups is 3. The van der Waals surface area contributed by atoms with Crippen LogP contribution in [0.3, 0.4) is 0 Å². The lowest BCUT2D eigenvalue weighted by atomic mass is 9.91. The monoisotopic (exact) mass is 686 g/mol. The number of nitrogens with two attached hydrogens (primary N) is 2. The molecule has 50 heavy (non-hydrogen) atoms. The number of carbonyl (C=O) groups excluding carboxylic acids is 2. The maximum Gasteiger partial charge on any atom is 0.351 e. The number of fused-ring (bicyclic) bond motifs is 1. The van der Waals surface area contributed by atoms with Crippen molar-refractivity contribution in [3.8, 4) is 16.9 Å². The van der Waals surface area contributed by atoms with Crippen molar-refractivity contribution in [1.29, 1.82) is 0 Å². The Balaban J connectivity index is 1.74. The van der Waals surface area contributed by atoms with Crippen molar-refractivity contribution in [3.63, 3.8) is 0 Å². The van der Waals surface area contributed by atoms with Gasteiger partial charge in [0, 0.05) is 40.4 Å². The summed E-state index contributed by atoms with van der Waals surface area (Å²) in [6, 6.07) is 11.9. The van der Waals surface area contributed by atoms with Crippen molar-refractivity contribution >= 4 is 34.3 Å². The highest BCUT2D eigenvalue weighted by atomic mass is 16.5. The predicted octanol–water partition coefficient (Wildman–Crippen LogP) is 4.17. The molecule has 0 radical (unpaired) electrons. The Labute approximate surface area is 293 Å². The van der Waals surface area contributed by atoms with E-state index in [-0.39, 0.29) is 18.7 Å². The fourth-order valence-corrected chi connectivity index (χ4v) is 6.18. The number of hydrogen-bond donors (Lipinski definition) is 6. The molecule has 3 atom stereocenters. The molecular weight excluding hydrogens is 636 g/mol. The van der Waals surface area contributed by atoms with Crippen molar-refractivity contribution in [2.75, 3.05) is 26.2 Å². The third kappa shape index (κ3) is 8.68. The van der Waals surface area contributed by atoms with Gasteiger partial charge in [-0.05, 0) is 108 Å². The number of pyridine rings is 1. The van der Waals surface area contributed by atoms with Crippen LogP contribution in [0.1, 0.15) is 75.7 Å². The molecule has 0 spiro atoms. The summed E-state index contributed by atoms with van der Waals surface area (Å²) in [7, 11) is 0. The van der Waals surface area contributed by atoms with Gasteiger partial charge in [0.15, 0.2) is 0 Å². The van der Waals surface area contributed by atoms with Gasteiger partial charge in [-0.3, -0.25) is 14.6 Å². The summed E-state index contributed by atoms with van der Waals surface area (Å²) in [4.78, 5) is 46.3. The average molecular weight is 687 g/mol. The molecule has 8 N–H and O–H groups in total. The summed E-state index contributed by atoms with van der Waals surface area (Å²) >= 11 is 0. The number of nitrogens with one attached hydrogen (secondary N) is 2. The number of carboxylic acid groups (broad SMARTS) is 1. The first-order chi connectivity index (χ1) is 23.8. The van der Waals surface area contributed by atoms with Crippen LogP contribution < -0.4 is 26.8 Å². The number of allylic oxidation sites excluding steroid dienone is 2. The number of nitrogens with zero attached hydrogens (tertiary/aromatic N) is 2. The van der Waals surface area contributed by atoms with Gasteiger partial charge in [0.05, 0.1) is 12.1 Å². The normalized spacial score (nSPS) is 17.7. The molecule has 1 aliphatic heterocycles. The van der Waals surface area contributed by atoms with Gasteiger partial charge in [0.2, 0.25) is 5.91 Å². The molecule has 2 amide bonds. The van der Waals surface area contributed by atoms with E-state index in [0.29, 0.717) is 67.8 Å². The van der Waals surface area contributed by atoms with Gasteiger partial charge in [-0.15, -0.1) is 0 Å². The summed E-state index contributed by atoms with van der Waals surface area (Å²) in [5.74, 6) is -1.55. The Morgan fingerprint density at radius 3 is 2.48 bits per heavy atom. The van der Waals surface area contributed by atoms with E-state index in [9.17, 15) is 24.6 Å². The van der Waals surface area contributed by atoms with Gasteiger partial charge in [-0.1, -0.05) is 24.8 Å². The van der Waals surface area contributed by atoms with Gasteiger partial charge in [0.25, 0.3) is 5.91 Å². The first-order valence-electron chi connectivity index (χ1n) is 17.0. The Morgan fingerprint density at radius 2 is 1.82 bits per heavy atom. The van der Waals surface area contributed by atoms with E-state index >= 15 is 0 Å². The highest BCUT2D eigenvalue weighted by Crippen LogP contribution is 2.40. The first-order valence-corrected chi connectivity index (χ1v) is 17.0. The van der Waals surface area contributed by atoms with Crippen molar-refractivity contribution in [1.82, 2.24) is 20.5 Å². The van der Waals surface area contributed by atoms with E-state index in [1.807, 2.05) is 31.2 Å². The number of rotatable bonds is 16. The number of para-hydroxylation sites is 1. The summed E-state index contributed by atoms with van der Waals surface area (Å²) in [6.07, 6.45) is 3.09. The van der Waals surface area contributed by atoms with Crippen LogP contribution in [0.4, 0.5) is 0 Å². The smallest absolute Gasteiger partial charge is 0.351 e. The minimum absolute atomic E-state index is 0.0993. The molecule has 268 valence electrons. The Kier molecular flexibility index (Phi) is 12.7. The maximum absolute atomic E-state index is 14.2. The zero-order chi connectivity index (χ0) is 36.6. The van der Waals surface area contributed by atoms with E-state index in [1.54, 1.807) is 45.2 Å². The van der Waals surface area contributed by atoms with Crippen molar-refractivity contribution in [3.05, 3.63) is 77.6 Å². The zero-order valence-corrected chi connectivity index (χ0v) is 29.4. The van der Waals surface area contributed by atoms with Crippen LogP contribution in [0, 0.1) is 0 Å². The molecule has 1 saturated heterocycles. The number of amides is 2. The number of benzene rings is 2. The van der Waals surface area contributed by atoms with E-state index in [1.165, 1.54) is 4.90 Å². The summed E-state index contributed by atoms with van der Waals surface area (Å²) in [6.45, 7) is 12.3. The topological polar surface area (TPSA) is 193 Å². The Hall–Kier alpha value is -4.78. The van der Waals surface area contributed by atoms with E-state index in [0.717, 1.165) is 27.6 Å². The molecule has 0 bridgehead atoms. The van der Waals surface area contributed by atoms with Crippen molar-refractivity contribution in [2.24, 2.45) is 11.5 Å². The van der Waals surface area contributed by atoms with Gasteiger partial charge in [-0.2, -0.15) is 0 Å². The molecule has 12 heteroatoms. The number of carboxylic acids is 1. The van der Waals surface area contributed by atoms with Crippen LogP contribution in [-0.2, 0) is 9.59 Å². The highest BCUT2D eigenvalue weighted by molar-refractivity contribution is 6.04. The van der Waals surface area contributed by atoms with E-state index < -0.39 is 35.6 Å². The molecule has 1 aliphatic rings. The maximum atomic E-state index is 14.2. The molecule has 0 aliphatic carbocycles. The summed E-state index contributed by atoms with van der Waals surface area (Å²) in [5.41, 5.74) is 14.6. The summed E-state index contributed by atoms with van der Waals surface area (Å²) in [5, 5.41) is 27.7. The zero-order valence-electron chi connectivity index (χ0n) is 29.4. The van der Waals surface area contributed by atoms with Crippen LogP contribution in [0.2, 0.25) is 0 Å². The van der Waals surface area contributed by atoms with Crippen molar-refractivity contribution < 1.29 is 29.3 Å². The van der Waals surface area contributed by atoms with Gasteiger partial charge in [-0.25, -0.2) is 4.79 Å². The lowest BCUT2D eigenvalue weighted by Crippen LogP contribution is -2.58. The number of hydrogen-bond acceptors (Lipinski definition) is 9. The minimum atomic E-state index is -1.42. The fourth-order valence-electron chi connectivity index (χ4n) is 6.18. The molecule has 2 heterocycles. The summed E-state index contributed by atoms with van der Waals surface area (Å²) < 4.78 is 6.19. The fraction of sp³-hybridized carbons (Fsp3) is 0.421. The minimum Gasteiger partial charge on any atom is -0.493 e. The Bertz CT molecular complexity index is 1770. The number of ether oxygens (including phenoxy) is 1. The molecule has 2 unspecified atom stereocenters. The molecule has 4 rings (SSSR count). The van der Waals surface area contributed by atoms with Crippen molar-refractivity contribution in [2.45, 2.75) is 77.6 Å². The van der Waals surface area contributed by atoms with E-state index in [4.69, 9.17) is 16.2 Å². The van der Waals surface area contributed by atoms with Crippen LogP contribution in [0.15, 0.2) is 66.5 Å². The molecular formula is C38H50N6O6. The number of unbranched alkanes of at least 4 members (excludes halogenated alkanes) is 1. The molecule has 1 fully saturated rings. The second kappa shape index (κ2) is 16.8. The Morgan fingerprint density at radius 1 is 1.10 bits per heavy atom. The van der Waals surface area contributed by atoms with Crippen LogP contribution in [0.25, 0.3) is 27.6 Å². The second-order valence-electron chi connectivity index (χ2n) is 13.2. The van der Waals surface area contributed by atoms with Gasteiger partial charge in [0.1, 0.15) is 29.3 Å². The van der Waals surface area contributed by atoms with Crippen LogP contribution in [0.5, 0.6) is 5.75 Å². The predicted molar refractivity (Wildman–Crippen MR) is 195 cm³/mol. The first kappa shape index (κ1) is 38.0. The molecule has 2 aromatic carbocycles. The molecule has 3 aromatic rings. The van der Waals surface area contributed by atoms with Gasteiger partial charge < -0.3 is 42.0 Å². The average Bonchev–Trinajstić information content (AvgIpc) is 3.38. The van der Waals surface area contributed by atoms with Gasteiger partial charge >= 0.3 is 5.97 Å². The molecule has 12 nitrogen and oxygen atoms in total. The third-order valence-corrected chi connectivity index (χ3v) is 8.94. The highest BCUT2D eigenvalue weighted by Gasteiger charge is 2.47. The number of likely N-dealkylation sites (tertiary alicyclic amines) is 1. The second-order valence-corrected chi connectivity index (χ2v) is 13.2. The standard InChI is InChI=1S/C38H50N6O6/c1-23(2)28-22-41-29-12-7-6-11-26(29)32(28)27-21-25(14-15-31(27)50-20-10-18-40)34(45)42-30(13-8-9-17-39)35(46)44-19-16-38(5,49)37(44)43-33(24(3)4)36(47)48/h6-7,11-12,14-15,21-22,30,37,43,49H,1,8-10,13,16-20,39-40H2,2-5H3,(H,42,45)(H,47,48)/t30-,37?,38?/m0/s1. The molecule has 0 saturated carbocycles. The molecule has 1 aromatic heterocycles.